The number of nitrogens with zero attached hydrogens (tertiary/aromatic N) is 4. The summed E-state index contributed by atoms with van der Waals surface area (Å²) >= 11 is 1.80. The first-order chi connectivity index (χ1) is 34.7. The molecule has 0 aliphatic heterocycles. The number of fused-ring (bicyclic) bond motifs is 9. The van der Waals surface area contributed by atoms with Gasteiger partial charge in [-0.1, -0.05) is 200 Å². The Morgan fingerprint density at radius 2 is 0.800 bits per heavy atom. The van der Waals surface area contributed by atoms with Gasteiger partial charge in [-0.3, -0.25) is 0 Å². The van der Waals surface area contributed by atoms with Crippen molar-refractivity contribution >= 4 is 74.9 Å². The summed E-state index contributed by atoms with van der Waals surface area (Å²) in [6.45, 7) is 0. The molecule has 0 bridgehead atoms. The smallest absolute Gasteiger partial charge is 0.164 e. The second-order valence-corrected chi connectivity index (χ2v) is 19.0. The molecule has 5 heteroatoms. The fourth-order valence-corrected chi connectivity index (χ4v) is 11.6. The van der Waals surface area contributed by atoms with Crippen LogP contribution in [-0.2, 0) is 0 Å². The average molecular weight is 909 g/mol. The van der Waals surface area contributed by atoms with Gasteiger partial charge in [-0.05, 0) is 80.9 Å². The molecule has 3 heterocycles. The normalized spacial score (nSPS) is 11.7. The molecule has 0 unspecified atom stereocenters. The summed E-state index contributed by atoms with van der Waals surface area (Å²) in [6, 6.07) is 87.2. The Labute approximate surface area is 408 Å². The van der Waals surface area contributed by atoms with Crippen molar-refractivity contribution in [3.63, 3.8) is 0 Å². The highest BCUT2D eigenvalue weighted by Gasteiger charge is 2.25. The van der Waals surface area contributed by atoms with Gasteiger partial charge in [0, 0.05) is 64.1 Å². The van der Waals surface area contributed by atoms with Gasteiger partial charge >= 0.3 is 0 Å². The van der Waals surface area contributed by atoms with E-state index in [1.807, 2.05) is 0 Å². The Morgan fingerprint density at radius 1 is 0.286 bits per heavy atom. The van der Waals surface area contributed by atoms with Crippen molar-refractivity contribution in [2.24, 2.45) is 0 Å². The molecule has 0 saturated heterocycles. The molecule has 326 valence electrons. The first-order valence-corrected chi connectivity index (χ1v) is 24.5. The summed E-state index contributed by atoms with van der Waals surface area (Å²) in [6.07, 6.45) is 0. The number of thiophene rings is 1. The summed E-state index contributed by atoms with van der Waals surface area (Å²) in [5, 5.41) is 9.71. The van der Waals surface area contributed by atoms with Crippen LogP contribution >= 0.6 is 11.3 Å². The van der Waals surface area contributed by atoms with Gasteiger partial charge in [0.15, 0.2) is 17.5 Å². The molecular formula is C65H40N4S. The lowest BCUT2D eigenvalue weighted by atomic mass is 9.92. The van der Waals surface area contributed by atoms with E-state index in [0.717, 1.165) is 61.3 Å². The first kappa shape index (κ1) is 40.1. The van der Waals surface area contributed by atoms with E-state index in [2.05, 4.69) is 247 Å². The summed E-state index contributed by atoms with van der Waals surface area (Å²) < 4.78 is 4.99. The quantitative estimate of drug-likeness (QED) is 0.160. The minimum atomic E-state index is 0.598. The van der Waals surface area contributed by atoms with Crippen molar-refractivity contribution < 1.29 is 0 Å². The molecule has 0 radical (unpaired) electrons. The first-order valence-electron chi connectivity index (χ1n) is 23.7. The SMILES string of the molecule is c1ccc(-c2cccc(-c3nc(-c4cc(-c5ccccc5)c(-n5c6cc7ccccc7cc6c6ccc7ccccc7c65)c(-c5ccccc5)c4)nc(-c4ccc5c(c4)sc4ccccc45)n3)c2)cc1. The largest absolute Gasteiger partial charge is 0.307 e. The summed E-state index contributed by atoms with van der Waals surface area (Å²) in [5.74, 6) is 1.83. The van der Waals surface area contributed by atoms with E-state index in [0.29, 0.717) is 17.5 Å². The predicted octanol–water partition coefficient (Wildman–Crippen LogP) is 17.6. The molecule has 70 heavy (non-hydrogen) atoms. The van der Waals surface area contributed by atoms with Gasteiger partial charge in [0.05, 0.1) is 16.7 Å². The number of hydrogen-bond acceptors (Lipinski definition) is 4. The Kier molecular flexibility index (Phi) is 9.36. The fourth-order valence-electron chi connectivity index (χ4n) is 10.5. The summed E-state index contributed by atoms with van der Waals surface area (Å²) in [5.41, 5.74) is 12.7. The third-order valence-corrected chi connectivity index (χ3v) is 14.9. The Balaban J connectivity index is 1.08. The minimum Gasteiger partial charge on any atom is -0.307 e. The second kappa shape index (κ2) is 16.3. The monoisotopic (exact) mass is 908 g/mol. The van der Waals surface area contributed by atoms with Gasteiger partial charge in [0.1, 0.15) is 0 Å². The number of aromatic nitrogens is 4. The van der Waals surface area contributed by atoms with Gasteiger partial charge in [-0.2, -0.15) is 0 Å². The molecule has 14 rings (SSSR count). The highest BCUT2D eigenvalue weighted by Crippen LogP contribution is 2.46. The van der Waals surface area contributed by atoms with E-state index >= 15 is 0 Å². The van der Waals surface area contributed by atoms with Gasteiger partial charge in [-0.15, -0.1) is 11.3 Å². The van der Waals surface area contributed by atoms with Crippen LogP contribution in [0.5, 0.6) is 0 Å². The molecular weight excluding hydrogens is 869 g/mol. The molecule has 0 aliphatic carbocycles. The maximum absolute atomic E-state index is 5.45. The number of hydrogen-bond donors (Lipinski definition) is 0. The topological polar surface area (TPSA) is 43.6 Å². The van der Waals surface area contributed by atoms with Crippen LogP contribution in [0.4, 0.5) is 0 Å². The van der Waals surface area contributed by atoms with Crippen LogP contribution in [0.1, 0.15) is 0 Å². The molecule has 0 spiro atoms. The summed E-state index contributed by atoms with van der Waals surface area (Å²) in [4.78, 5) is 16.2. The highest BCUT2D eigenvalue weighted by molar-refractivity contribution is 7.25. The predicted molar refractivity (Wildman–Crippen MR) is 295 cm³/mol. The Hall–Kier alpha value is -9.03. The van der Waals surface area contributed by atoms with E-state index in [1.54, 1.807) is 11.3 Å². The van der Waals surface area contributed by atoms with Crippen LogP contribution < -0.4 is 0 Å². The fraction of sp³-hybridized carbons (Fsp3) is 0. The van der Waals surface area contributed by atoms with E-state index in [4.69, 9.17) is 15.0 Å². The minimum absolute atomic E-state index is 0.598. The van der Waals surface area contributed by atoms with Crippen LogP contribution in [0, 0.1) is 0 Å². The number of benzene rings is 11. The lowest BCUT2D eigenvalue weighted by molar-refractivity contribution is 1.07. The van der Waals surface area contributed by atoms with E-state index < -0.39 is 0 Å². The molecule has 14 aromatic rings. The molecule has 0 saturated carbocycles. The van der Waals surface area contributed by atoms with Crippen molar-refractivity contribution in [3.05, 3.63) is 243 Å². The molecule has 0 N–H and O–H groups in total. The lowest BCUT2D eigenvalue weighted by Gasteiger charge is -2.21. The van der Waals surface area contributed by atoms with Crippen LogP contribution in [0.25, 0.3) is 137 Å². The highest BCUT2D eigenvalue weighted by atomic mass is 32.1. The Morgan fingerprint density at radius 3 is 1.50 bits per heavy atom. The third-order valence-electron chi connectivity index (χ3n) is 13.8. The van der Waals surface area contributed by atoms with Crippen LogP contribution in [-0.4, -0.2) is 19.5 Å². The van der Waals surface area contributed by atoms with Gasteiger partial charge < -0.3 is 4.57 Å². The van der Waals surface area contributed by atoms with Crippen molar-refractivity contribution in [2.45, 2.75) is 0 Å². The van der Waals surface area contributed by atoms with Gasteiger partial charge in [0.2, 0.25) is 0 Å². The van der Waals surface area contributed by atoms with Crippen LogP contribution in [0.2, 0.25) is 0 Å². The zero-order valence-electron chi connectivity index (χ0n) is 37.8. The average Bonchev–Trinajstić information content (AvgIpc) is 3.97. The zero-order valence-corrected chi connectivity index (χ0v) is 38.6. The third kappa shape index (κ3) is 6.70. The molecule has 4 nitrogen and oxygen atoms in total. The number of rotatable bonds is 7. The van der Waals surface area contributed by atoms with Gasteiger partial charge in [-0.25, -0.2) is 15.0 Å². The summed E-state index contributed by atoms with van der Waals surface area (Å²) in [7, 11) is 0. The molecule has 0 atom stereocenters. The van der Waals surface area contributed by atoms with E-state index in [1.165, 1.54) is 58.0 Å². The maximum atomic E-state index is 5.45. The molecule has 0 fully saturated rings. The lowest BCUT2D eigenvalue weighted by Crippen LogP contribution is -2.04. The van der Waals surface area contributed by atoms with E-state index in [9.17, 15) is 0 Å². The molecule has 11 aromatic carbocycles. The van der Waals surface area contributed by atoms with Crippen LogP contribution in [0.15, 0.2) is 243 Å². The van der Waals surface area contributed by atoms with E-state index in [-0.39, 0.29) is 0 Å². The zero-order chi connectivity index (χ0) is 46.1. The molecule has 0 amide bonds. The second-order valence-electron chi connectivity index (χ2n) is 17.9. The van der Waals surface area contributed by atoms with Crippen LogP contribution in [0.3, 0.4) is 0 Å². The standard InChI is InChI=1S/C65H40N4S/c1-4-17-41(18-5-1)45-26-16-27-48(35-45)63-66-64(49-32-33-53-52-29-14-15-30-59(52)70-60(53)40-49)68-65(67-63)50-37-55(42-19-6-2-7-20-42)62(56(38-50)43-21-8-3-9-22-43)69-58-39-47-25-11-10-24-46(47)36-57(58)54-34-31-44-23-12-13-28-51(44)61(54)69/h1-40H. The molecule has 3 aromatic heterocycles. The van der Waals surface area contributed by atoms with Gasteiger partial charge in [0.25, 0.3) is 0 Å². The van der Waals surface area contributed by atoms with Crippen molar-refractivity contribution in [3.8, 4) is 73.2 Å². The van der Waals surface area contributed by atoms with Crippen molar-refractivity contribution in [2.75, 3.05) is 0 Å². The molecule has 0 aliphatic rings. The maximum Gasteiger partial charge on any atom is 0.164 e. The Bertz CT molecular complexity index is 4290. The van der Waals surface area contributed by atoms with Crippen molar-refractivity contribution in [1.29, 1.82) is 0 Å². The van der Waals surface area contributed by atoms with Crippen molar-refractivity contribution in [1.82, 2.24) is 19.5 Å².